The molecular formula is C15H22O3. The fourth-order valence-electron chi connectivity index (χ4n) is 2.12. The molecular weight excluding hydrogens is 228 g/mol. The Kier molecular flexibility index (Phi) is 4.91. The molecule has 0 aliphatic rings. The lowest BCUT2D eigenvalue weighted by molar-refractivity contribution is -0.150. The summed E-state index contributed by atoms with van der Waals surface area (Å²) >= 11 is 0. The lowest BCUT2D eigenvalue weighted by atomic mass is 9.73. The number of hydrogen-bond acceptors (Lipinski definition) is 2. The average molecular weight is 250 g/mol. The van der Waals surface area contributed by atoms with Gasteiger partial charge in [0.1, 0.15) is 0 Å². The van der Waals surface area contributed by atoms with Crippen LogP contribution in [0.2, 0.25) is 0 Å². The number of carbonyl (C=O) groups is 1. The quantitative estimate of drug-likeness (QED) is 0.816. The molecule has 2 unspecified atom stereocenters. The van der Waals surface area contributed by atoms with Crippen molar-refractivity contribution in [3.05, 3.63) is 35.9 Å². The number of aliphatic hydroxyl groups excluding tert-OH is 1. The minimum absolute atomic E-state index is 0.0857. The van der Waals surface area contributed by atoms with Gasteiger partial charge in [0, 0.05) is 0 Å². The van der Waals surface area contributed by atoms with Crippen LogP contribution in [0.3, 0.4) is 0 Å². The zero-order chi connectivity index (χ0) is 13.8. The van der Waals surface area contributed by atoms with Gasteiger partial charge in [0.05, 0.1) is 11.5 Å². The molecule has 0 saturated carbocycles. The van der Waals surface area contributed by atoms with Crippen LogP contribution in [-0.2, 0) is 11.2 Å². The van der Waals surface area contributed by atoms with E-state index in [1.54, 1.807) is 20.8 Å². The monoisotopic (exact) mass is 250 g/mol. The molecule has 1 aromatic carbocycles. The largest absolute Gasteiger partial charge is 0.481 e. The second-order valence-electron chi connectivity index (χ2n) is 5.50. The normalized spacial score (nSPS) is 15.1. The minimum Gasteiger partial charge on any atom is -0.481 e. The van der Waals surface area contributed by atoms with E-state index in [1.807, 2.05) is 30.3 Å². The van der Waals surface area contributed by atoms with Crippen LogP contribution >= 0.6 is 0 Å². The molecule has 0 radical (unpaired) electrons. The van der Waals surface area contributed by atoms with E-state index < -0.39 is 17.5 Å². The van der Waals surface area contributed by atoms with E-state index in [4.69, 9.17) is 0 Å². The summed E-state index contributed by atoms with van der Waals surface area (Å²) in [5.74, 6) is -0.901. The highest BCUT2D eigenvalue weighted by atomic mass is 16.4. The molecule has 0 amide bonds. The first-order valence-corrected chi connectivity index (χ1v) is 6.29. The highest BCUT2D eigenvalue weighted by molar-refractivity contribution is 5.74. The van der Waals surface area contributed by atoms with Crippen molar-refractivity contribution in [3.63, 3.8) is 0 Å². The van der Waals surface area contributed by atoms with Gasteiger partial charge < -0.3 is 10.2 Å². The predicted octanol–water partition coefficient (Wildman–Crippen LogP) is 2.73. The molecule has 3 nitrogen and oxygen atoms in total. The van der Waals surface area contributed by atoms with Crippen molar-refractivity contribution in [1.82, 2.24) is 0 Å². The van der Waals surface area contributed by atoms with Crippen LogP contribution in [-0.4, -0.2) is 22.3 Å². The van der Waals surface area contributed by atoms with Gasteiger partial charge in [0.15, 0.2) is 0 Å². The van der Waals surface area contributed by atoms with Gasteiger partial charge in [-0.1, -0.05) is 30.3 Å². The van der Waals surface area contributed by atoms with Crippen molar-refractivity contribution >= 4 is 5.97 Å². The van der Waals surface area contributed by atoms with Crippen LogP contribution in [0.15, 0.2) is 30.3 Å². The van der Waals surface area contributed by atoms with Gasteiger partial charge in [0.25, 0.3) is 0 Å². The van der Waals surface area contributed by atoms with E-state index in [-0.39, 0.29) is 5.92 Å². The van der Waals surface area contributed by atoms with E-state index >= 15 is 0 Å². The van der Waals surface area contributed by atoms with Crippen molar-refractivity contribution in [1.29, 1.82) is 0 Å². The summed E-state index contributed by atoms with van der Waals surface area (Å²) in [6.45, 7) is 5.16. The van der Waals surface area contributed by atoms with E-state index in [0.717, 1.165) is 5.56 Å². The van der Waals surface area contributed by atoms with Crippen LogP contribution < -0.4 is 0 Å². The number of aliphatic carboxylic acids is 1. The van der Waals surface area contributed by atoms with Gasteiger partial charge in [-0.15, -0.1) is 0 Å². The van der Waals surface area contributed by atoms with Crippen molar-refractivity contribution in [2.75, 3.05) is 0 Å². The molecule has 0 fully saturated rings. The number of aliphatic hydroxyl groups is 1. The SMILES string of the molecule is CC(O)CC(Cc1ccccc1)C(C)(C)C(=O)O. The lowest BCUT2D eigenvalue weighted by Gasteiger charge is -2.31. The summed E-state index contributed by atoms with van der Waals surface area (Å²) in [4.78, 5) is 11.4. The van der Waals surface area contributed by atoms with Crippen LogP contribution in [0.4, 0.5) is 0 Å². The van der Waals surface area contributed by atoms with Gasteiger partial charge in [-0.2, -0.15) is 0 Å². The maximum Gasteiger partial charge on any atom is 0.309 e. The van der Waals surface area contributed by atoms with Crippen LogP contribution in [0.25, 0.3) is 0 Å². The van der Waals surface area contributed by atoms with E-state index in [9.17, 15) is 15.0 Å². The van der Waals surface area contributed by atoms with Crippen LogP contribution in [0.1, 0.15) is 32.8 Å². The zero-order valence-electron chi connectivity index (χ0n) is 11.3. The molecule has 100 valence electrons. The third kappa shape index (κ3) is 3.84. The Bertz CT molecular complexity index is 382. The Hall–Kier alpha value is -1.35. The molecule has 0 spiro atoms. The standard InChI is InChI=1S/C15H22O3/c1-11(16)9-13(15(2,3)14(17)18)10-12-7-5-4-6-8-12/h4-8,11,13,16H,9-10H2,1-3H3,(H,17,18). The molecule has 0 bridgehead atoms. The van der Waals surface area contributed by atoms with Crippen molar-refractivity contribution in [2.24, 2.45) is 11.3 Å². The molecule has 3 heteroatoms. The maximum atomic E-state index is 11.4. The predicted molar refractivity (Wildman–Crippen MR) is 71.4 cm³/mol. The number of carboxylic acids is 1. The second-order valence-corrected chi connectivity index (χ2v) is 5.50. The Balaban J connectivity index is 2.89. The molecule has 1 aromatic rings. The van der Waals surface area contributed by atoms with Gasteiger partial charge >= 0.3 is 5.97 Å². The summed E-state index contributed by atoms with van der Waals surface area (Å²) in [5, 5.41) is 18.9. The van der Waals surface area contributed by atoms with Gasteiger partial charge in [-0.3, -0.25) is 4.79 Å². The molecule has 0 aliphatic heterocycles. The van der Waals surface area contributed by atoms with Gasteiger partial charge in [-0.05, 0) is 45.1 Å². The molecule has 2 N–H and O–H groups in total. The highest BCUT2D eigenvalue weighted by Gasteiger charge is 2.37. The number of hydrogen-bond donors (Lipinski definition) is 2. The molecule has 1 rings (SSSR count). The molecule has 0 saturated heterocycles. The summed E-state index contributed by atoms with van der Waals surface area (Å²) in [5.41, 5.74) is 0.268. The summed E-state index contributed by atoms with van der Waals surface area (Å²) < 4.78 is 0. The Morgan fingerprint density at radius 1 is 1.28 bits per heavy atom. The maximum absolute atomic E-state index is 11.4. The topological polar surface area (TPSA) is 57.5 Å². The number of rotatable bonds is 6. The lowest BCUT2D eigenvalue weighted by Crippen LogP contribution is -2.36. The summed E-state index contributed by atoms with van der Waals surface area (Å²) in [7, 11) is 0. The Labute approximate surface area is 108 Å². The first kappa shape index (κ1) is 14.7. The van der Waals surface area contributed by atoms with E-state index in [2.05, 4.69) is 0 Å². The molecule has 0 heterocycles. The number of benzene rings is 1. The van der Waals surface area contributed by atoms with E-state index in [1.165, 1.54) is 0 Å². The summed E-state index contributed by atoms with van der Waals surface area (Å²) in [6.07, 6.45) is 0.677. The van der Waals surface area contributed by atoms with Crippen LogP contribution in [0.5, 0.6) is 0 Å². The molecule has 0 aromatic heterocycles. The summed E-state index contributed by atoms with van der Waals surface area (Å²) in [6, 6.07) is 9.82. The van der Waals surface area contributed by atoms with Crippen molar-refractivity contribution in [2.45, 2.75) is 39.7 Å². The first-order chi connectivity index (χ1) is 8.34. The molecule has 18 heavy (non-hydrogen) atoms. The van der Waals surface area contributed by atoms with Crippen molar-refractivity contribution in [3.8, 4) is 0 Å². The zero-order valence-corrected chi connectivity index (χ0v) is 11.3. The molecule has 0 aliphatic carbocycles. The smallest absolute Gasteiger partial charge is 0.309 e. The third-order valence-electron chi connectivity index (χ3n) is 3.52. The average Bonchev–Trinajstić information content (AvgIpc) is 2.28. The fraction of sp³-hybridized carbons (Fsp3) is 0.533. The molecule has 2 atom stereocenters. The van der Waals surface area contributed by atoms with Crippen molar-refractivity contribution < 1.29 is 15.0 Å². The Morgan fingerprint density at radius 3 is 2.28 bits per heavy atom. The minimum atomic E-state index is -0.840. The fourth-order valence-corrected chi connectivity index (χ4v) is 2.12. The number of carboxylic acid groups (broad SMARTS) is 1. The third-order valence-corrected chi connectivity index (χ3v) is 3.52. The Morgan fingerprint density at radius 2 is 1.83 bits per heavy atom. The second kappa shape index (κ2) is 6.01. The first-order valence-electron chi connectivity index (χ1n) is 6.29. The van der Waals surface area contributed by atoms with E-state index in [0.29, 0.717) is 12.8 Å². The van der Waals surface area contributed by atoms with Crippen LogP contribution in [0, 0.1) is 11.3 Å². The van der Waals surface area contributed by atoms with Gasteiger partial charge in [-0.25, -0.2) is 0 Å². The highest BCUT2D eigenvalue weighted by Crippen LogP contribution is 2.33. The van der Waals surface area contributed by atoms with Gasteiger partial charge in [0.2, 0.25) is 0 Å².